The molecule has 3 N–H and O–H groups in total. The summed E-state index contributed by atoms with van der Waals surface area (Å²) in [4.78, 5) is 0. The highest BCUT2D eigenvalue weighted by molar-refractivity contribution is 6.30. The number of halogens is 2. The fourth-order valence-corrected chi connectivity index (χ4v) is 1.89. The van der Waals surface area contributed by atoms with Gasteiger partial charge in [-0.25, -0.2) is 4.39 Å². The lowest BCUT2D eigenvalue weighted by Crippen LogP contribution is -2.24. The van der Waals surface area contributed by atoms with Gasteiger partial charge in [-0.3, -0.25) is 0 Å². The number of aryl methyl sites for hydroxylation is 2. The molecule has 0 radical (unpaired) electrons. The Morgan fingerprint density at radius 3 is 2.50 bits per heavy atom. The van der Waals surface area contributed by atoms with Crippen molar-refractivity contribution >= 4 is 11.6 Å². The van der Waals surface area contributed by atoms with Crippen molar-refractivity contribution in [1.82, 2.24) is 0 Å². The molecule has 4 heteroatoms. The summed E-state index contributed by atoms with van der Waals surface area (Å²) in [5.41, 5.74) is 7.16. The number of aliphatic hydroxyl groups excluding tert-OH is 1. The minimum absolute atomic E-state index is 0.00318. The monoisotopic (exact) mass is 275 g/mol. The Labute approximate surface area is 114 Å². The summed E-state index contributed by atoms with van der Waals surface area (Å²) in [5, 5.41) is 8.93. The van der Waals surface area contributed by atoms with E-state index in [9.17, 15) is 4.39 Å². The van der Waals surface area contributed by atoms with E-state index in [0.717, 1.165) is 24.8 Å². The SMILES string of the molecule is CC.Cc1cc(CCC[C@@H](N)CO)cc(Cl)c1F. The lowest BCUT2D eigenvalue weighted by molar-refractivity contribution is 0.258. The third kappa shape index (κ3) is 5.80. The molecule has 18 heavy (non-hydrogen) atoms. The number of rotatable bonds is 5. The second-order valence-electron chi connectivity index (χ2n) is 4.04. The topological polar surface area (TPSA) is 46.2 Å². The van der Waals surface area contributed by atoms with Crippen LogP contribution >= 0.6 is 11.6 Å². The Balaban J connectivity index is 0.00000137. The van der Waals surface area contributed by atoms with Crippen molar-refractivity contribution in [1.29, 1.82) is 0 Å². The highest BCUT2D eigenvalue weighted by Gasteiger charge is 2.06. The first-order valence-corrected chi connectivity index (χ1v) is 6.73. The van der Waals surface area contributed by atoms with Gasteiger partial charge in [0.25, 0.3) is 0 Å². The van der Waals surface area contributed by atoms with Crippen LogP contribution in [0.15, 0.2) is 12.1 Å². The van der Waals surface area contributed by atoms with Crippen molar-refractivity contribution in [2.45, 2.75) is 46.1 Å². The summed E-state index contributed by atoms with van der Waals surface area (Å²) in [6.45, 7) is 5.70. The van der Waals surface area contributed by atoms with Crippen LogP contribution in [0.2, 0.25) is 5.02 Å². The molecule has 1 aromatic rings. The van der Waals surface area contributed by atoms with Gasteiger partial charge in [-0.1, -0.05) is 31.5 Å². The molecule has 0 aliphatic heterocycles. The quantitative estimate of drug-likeness (QED) is 0.864. The summed E-state index contributed by atoms with van der Waals surface area (Å²) in [6.07, 6.45) is 2.42. The molecule has 1 atom stereocenters. The van der Waals surface area contributed by atoms with E-state index >= 15 is 0 Å². The summed E-state index contributed by atoms with van der Waals surface area (Å²) in [6, 6.07) is 3.28. The zero-order valence-electron chi connectivity index (χ0n) is 11.3. The lowest BCUT2D eigenvalue weighted by atomic mass is 10.0. The van der Waals surface area contributed by atoms with E-state index in [1.54, 1.807) is 19.1 Å². The van der Waals surface area contributed by atoms with Gasteiger partial charge in [0.1, 0.15) is 5.82 Å². The Kier molecular flexibility index (Phi) is 8.98. The van der Waals surface area contributed by atoms with Gasteiger partial charge in [-0.15, -0.1) is 0 Å². The van der Waals surface area contributed by atoms with Crippen LogP contribution in [-0.2, 0) is 6.42 Å². The first kappa shape index (κ1) is 17.4. The molecule has 0 spiro atoms. The Bertz CT molecular complexity index is 335. The highest BCUT2D eigenvalue weighted by Crippen LogP contribution is 2.21. The van der Waals surface area contributed by atoms with Crippen LogP contribution in [0.25, 0.3) is 0 Å². The highest BCUT2D eigenvalue weighted by atomic mass is 35.5. The van der Waals surface area contributed by atoms with Crippen molar-refractivity contribution in [2.24, 2.45) is 5.73 Å². The maximum absolute atomic E-state index is 13.2. The molecule has 0 saturated carbocycles. The maximum Gasteiger partial charge on any atom is 0.144 e. The third-order valence-corrected chi connectivity index (χ3v) is 2.82. The van der Waals surface area contributed by atoms with Crippen molar-refractivity contribution in [3.05, 3.63) is 34.1 Å². The average Bonchev–Trinajstić information content (AvgIpc) is 2.38. The number of benzene rings is 1. The van der Waals surface area contributed by atoms with Crippen LogP contribution in [0.4, 0.5) is 4.39 Å². The summed E-state index contributed by atoms with van der Waals surface area (Å²) < 4.78 is 13.2. The Morgan fingerprint density at radius 1 is 1.39 bits per heavy atom. The molecule has 0 aliphatic rings. The molecule has 0 fully saturated rings. The second-order valence-corrected chi connectivity index (χ2v) is 4.45. The van der Waals surface area contributed by atoms with Gasteiger partial charge in [0.2, 0.25) is 0 Å². The van der Waals surface area contributed by atoms with E-state index in [-0.39, 0.29) is 23.5 Å². The molecule has 0 amide bonds. The number of hydrogen-bond donors (Lipinski definition) is 2. The zero-order valence-corrected chi connectivity index (χ0v) is 12.1. The molecule has 0 unspecified atom stereocenters. The van der Waals surface area contributed by atoms with Crippen molar-refractivity contribution in [3.63, 3.8) is 0 Å². The Hall–Kier alpha value is -0.640. The van der Waals surface area contributed by atoms with Gasteiger partial charge < -0.3 is 10.8 Å². The normalized spacial score (nSPS) is 11.7. The molecule has 0 saturated heterocycles. The van der Waals surface area contributed by atoms with Crippen LogP contribution in [-0.4, -0.2) is 17.8 Å². The van der Waals surface area contributed by atoms with Crippen LogP contribution < -0.4 is 5.73 Å². The van der Waals surface area contributed by atoms with Gasteiger partial charge in [0.15, 0.2) is 0 Å². The maximum atomic E-state index is 13.2. The smallest absolute Gasteiger partial charge is 0.144 e. The lowest BCUT2D eigenvalue weighted by Gasteiger charge is -2.08. The van der Waals surface area contributed by atoms with Crippen LogP contribution in [0.5, 0.6) is 0 Å². The first-order valence-electron chi connectivity index (χ1n) is 6.35. The van der Waals surface area contributed by atoms with E-state index in [4.69, 9.17) is 22.4 Å². The Morgan fingerprint density at radius 2 is 2.00 bits per heavy atom. The van der Waals surface area contributed by atoms with Crippen LogP contribution in [0.1, 0.15) is 37.8 Å². The molecule has 2 nitrogen and oxygen atoms in total. The molecule has 0 bridgehead atoms. The number of aliphatic hydroxyl groups is 1. The molecule has 104 valence electrons. The van der Waals surface area contributed by atoms with E-state index in [1.165, 1.54) is 0 Å². The van der Waals surface area contributed by atoms with Crippen LogP contribution in [0, 0.1) is 12.7 Å². The number of nitrogens with two attached hydrogens (primary N) is 1. The fourth-order valence-electron chi connectivity index (χ4n) is 1.60. The molecular formula is C14H23ClFNO. The predicted molar refractivity (Wildman–Crippen MR) is 75.5 cm³/mol. The minimum Gasteiger partial charge on any atom is -0.395 e. The van der Waals surface area contributed by atoms with Gasteiger partial charge in [0, 0.05) is 6.04 Å². The molecular weight excluding hydrogens is 253 g/mol. The third-order valence-electron chi connectivity index (χ3n) is 2.54. The zero-order chi connectivity index (χ0) is 14.1. The molecule has 0 aromatic heterocycles. The van der Waals surface area contributed by atoms with Gasteiger partial charge in [-0.2, -0.15) is 0 Å². The molecule has 0 heterocycles. The van der Waals surface area contributed by atoms with E-state index in [1.807, 2.05) is 13.8 Å². The average molecular weight is 276 g/mol. The predicted octanol–water partition coefficient (Wildman–Crippen LogP) is 3.46. The molecule has 1 rings (SSSR count). The number of hydrogen-bond acceptors (Lipinski definition) is 2. The summed E-state index contributed by atoms with van der Waals surface area (Å²) >= 11 is 5.75. The summed E-state index contributed by atoms with van der Waals surface area (Å²) in [7, 11) is 0. The van der Waals surface area contributed by atoms with Crippen LogP contribution in [0.3, 0.4) is 0 Å². The largest absolute Gasteiger partial charge is 0.395 e. The van der Waals surface area contributed by atoms with Gasteiger partial charge in [-0.05, 0) is 43.4 Å². The van der Waals surface area contributed by atoms with E-state index < -0.39 is 0 Å². The molecule has 1 aromatic carbocycles. The van der Waals surface area contributed by atoms with E-state index in [0.29, 0.717) is 5.56 Å². The second kappa shape index (κ2) is 9.31. The van der Waals surface area contributed by atoms with Gasteiger partial charge in [0.05, 0.1) is 11.6 Å². The van der Waals surface area contributed by atoms with Crippen molar-refractivity contribution in [3.8, 4) is 0 Å². The van der Waals surface area contributed by atoms with Gasteiger partial charge >= 0.3 is 0 Å². The van der Waals surface area contributed by atoms with E-state index in [2.05, 4.69) is 0 Å². The van der Waals surface area contributed by atoms with Crippen molar-refractivity contribution < 1.29 is 9.50 Å². The fraction of sp³-hybridized carbons (Fsp3) is 0.571. The first-order chi connectivity index (χ1) is 8.54. The molecule has 0 aliphatic carbocycles. The minimum atomic E-state index is -0.350. The summed E-state index contributed by atoms with van der Waals surface area (Å²) in [5.74, 6) is -0.350. The van der Waals surface area contributed by atoms with Crippen molar-refractivity contribution in [2.75, 3.05) is 6.61 Å². The standard InChI is InChI=1S/C12H17ClFNO.C2H6/c1-8-5-9(6-11(13)12(8)14)3-2-4-10(15)7-16;1-2/h5-6,10,16H,2-4,7,15H2,1H3;1-2H3/t10-;/m1./s1.